The minimum atomic E-state index is -0.215. The Morgan fingerprint density at radius 1 is 1.43 bits per heavy atom. The second-order valence-electron chi connectivity index (χ2n) is 3.05. The summed E-state index contributed by atoms with van der Waals surface area (Å²) >= 11 is 0. The van der Waals surface area contributed by atoms with Gasteiger partial charge in [0.1, 0.15) is 5.76 Å². The molecule has 1 aromatic heterocycles. The van der Waals surface area contributed by atoms with Crippen LogP contribution in [0.2, 0.25) is 0 Å². The number of furan rings is 1. The van der Waals surface area contributed by atoms with Crippen molar-refractivity contribution in [3.05, 3.63) is 24.2 Å². The minimum Gasteiger partial charge on any atom is -0.468 e. The van der Waals surface area contributed by atoms with Crippen molar-refractivity contribution in [1.29, 1.82) is 0 Å². The molecule has 4 heteroatoms. The molecule has 14 heavy (non-hydrogen) atoms. The predicted molar refractivity (Wildman–Crippen MR) is 52.9 cm³/mol. The van der Waals surface area contributed by atoms with Crippen LogP contribution in [-0.2, 0) is 9.47 Å². The fourth-order valence-electron chi connectivity index (χ4n) is 1.17. The first-order valence-corrected chi connectivity index (χ1v) is 4.60. The average molecular weight is 199 g/mol. The maximum Gasteiger partial charge on any atom is 0.169 e. The van der Waals surface area contributed by atoms with E-state index in [0.717, 1.165) is 5.76 Å². The monoisotopic (exact) mass is 199 g/mol. The third-order valence-electron chi connectivity index (χ3n) is 2.09. The third-order valence-corrected chi connectivity index (χ3v) is 2.09. The second-order valence-corrected chi connectivity index (χ2v) is 3.05. The first-order valence-electron chi connectivity index (χ1n) is 4.60. The van der Waals surface area contributed by atoms with Gasteiger partial charge in [-0.1, -0.05) is 0 Å². The van der Waals surface area contributed by atoms with Crippen LogP contribution in [0.3, 0.4) is 0 Å². The van der Waals surface area contributed by atoms with E-state index in [4.69, 9.17) is 13.9 Å². The molecule has 1 N–H and O–H groups in total. The molecule has 4 nitrogen and oxygen atoms in total. The van der Waals surface area contributed by atoms with Crippen LogP contribution in [0.4, 0.5) is 0 Å². The van der Waals surface area contributed by atoms with Crippen molar-refractivity contribution in [1.82, 2.24) is 5.32 Å². The topological polar surface area (TPSA) is 43.6 Å². The van der Waals surface area contributed by atoms with Gasteiger partial charge in [-0.05, 0) is 19.1 Å². The summed E-state index contributed by atoms with van der Waals surface area (Å²) in [5.74, 6) is 0.913. The van der Waals surface area contributed by atoms with E-state index in [2.05, 4.69) is 5.32 Å². The van der Waals surface area contributed by atoms with Gasteiger partial charge in [-0.3, -0.25) is 0 Å². The Morgan fingerprint density at radius 2 is 2.14 bits per heavy atom. The molecule has 1 rings (SSSR count). The van der Waals surface area contributed by atoms with Crippen LogP contribution in [0.1, 0.15) is 18.7 Å². The number of hydrogen-bond donors (Lipinski definition) is 1. The molecule has 0 saturated heterocycles. The molecule has 0 unspecified atom stereocenters. The van der Waals surface area contributed by atoms with Crippen molar-refractivity contribution in [3.63, 3.8) is 0 Å². The SMILES string of the molecule is COC(CN[C@@H](C)c1ccco1)OC. The summed E-state index contributed by atoms with van der Waals surface area (Å²) in [6, 6.07) is 3.97. The number of ether oxygens (including phenoxy) is 2. The smallest absolute Gasteiger partial charge is 0.169 e. The lowest BCUT2D eigenvalue weighted by Gasteiger charge is -2.17. The highest BCUT2D eigenvalue weighted by atomic mass is 16.7. The second kappa shape index (κ2) is 5.80. The van der Waals surface area contributed by atoms with Crippen molar-refractivity contribution < 1.29 is 13.9 Å². The van der Waals surface area contributed by atoms with Crippen molar-refractivity contribution in [2.24, 2.45) is 0 Å². The summed E-state index contributed by atoms with van der Waals surface area (Å²) in [4.78, 5) is 0. The molecule has 0 saturated carbocycles. The van der Waals surface area contributed by atoms with Gasteiger partial charge in [-0.15, -0.1) is 0 Å². The van der Waals surface area contributed by atoms with Crippen LogP contribution in [0.5, 0.6) is 0 Å². The maximum absolute atomic E-state index is 5.25. The minimum absolute atomic E-state index is 0.165. The number of rotatable bonds is 6. The Morgan fingerprint density at radius 3 is 2.64 bits per heavy atom. The van der Waals surface area contributed by atoms with Gasteiger partial charge >= 0.3 is 0 Å². The zero-order valence-electron chi connectivity index (χ0n) is 8.82. The van der Waals surface area contributed by atoms with E-state index >= 15 is 0 Å². The van der Waals surface area contributed by atoms with E-state index in [0.29, 0.717) is 6.54 Å². The molecule has 0 radical (unpaired) electrons. The quantitative estimate of drug-likeness (QED) is 0.706. The molecule has 1 heterocycles. The summed E-state index contributed by atoms with van der Waals surface area (Å²) < 4.78 is 15.4. The van der Waals surface area contributed by atoms with E-state index in [1.165, 1.54) is 0 Å². The zero-order chi connectivity index (χ0) is 10.4. The summed E-state index contributed by atoms with van der Waals surface area (Å²) in [5, 5.41) is 3.24. The molecule has 0 aliphatic carbocycles. The van der Waals surface area contributed by atoms with Gasteiger partial charge in [0.15, 0.2) is 6.29 Å². The third kappa shape index (κ3) is 3.14. The highest BCUT2D eigenvalue weighted by Gasteiger charge is 2.10. The Balaban J connectivity index is 2.31. The van der Waals surface area contributed by atoms with Gasteiger partial charge in [0, 0.05) is 20.8 Å². The molecule has 0 aliphatic rings. The van der Waals surface area contributed by atoms with Crippen molar-refractivity contribution in [2.45, 2.75) is 19.3 Å². The normalized spacial score (nSPS) is 13.4. The molecule has 0 spiro atoms. The van der Waals surface area contributed by atoms with E-state index < -0.39 is 0 Å². The molecule has 1 atom stereocenters. The Labute approximate surface area is 84.2 Å². The average Bonchev–Trinajstić information content (AvgIpc) is 2.72. The highest BCUT2D eigenvalue weighted by molar-refractivity contribution is 5.02. The van der Waals surface area contributed by atoms with Crippen molar-refractivity contribution >= 4 is 0 Å². The van der Waals surface area contributed by atoms with Gasteiger partial charge in [-0.2, -0.15) is 0 Å². The molecule has 1 aromatic rings. The fourth-order valence-corrected chi connectivity index (χ4v) is 1.17. The molecular weight excluding hydrogens is 182 g/mol. The molecule has 80 valence electrons. The zero-order valence-corrected chi connectivity index (χ0v) is 8.82. The van der Waals surface area contributed by atoms with Crippen LogP contribution in [-0.4, -0.2) is 27.1 Å². The van der Waals surface area contributed by atoms with E-state index in [9.17, 15) is 0 Å². The number of methoxy groups -OCH3 is 2. The molecule has 0 aliphatic heterocycles. The van der Waals surface area contributed by atoms with Gasteiger partial charge < -0.3 is 19.2 Å². The van der Waals surface area contributed by atoms with Crippen LogP contribution in [0, 0.1) is 0 Å². The Bertz CT molecular complexity index is 232. The molecular formula is C10H17NO3. The van der Waals surface area contributed by atoms with E-state index in [-0.39, 0.29) is 12.3 Å². The maximum atomic E-state index is 5.25. The molecule has 0 fully saturated rings. The van der Waals surface area contributed by atoms with Crippen LogP contribution in [0.15, 0.2) is 22.8 Å². The fraction of sp³-hybridized carbons (Fsp3) is 0.600. The molecule has 0 bridgehead atoms. The van der Waals surface area contributed by atoms with Gasteiger partial charge in [0.05, 0.1) is 12.3 Å². The van der Waals surface area contributed by atoms with Gasteiger partial charge in [-0.25, -0.2) is 0 Å². The molecule has 0 amide bonds. The lowest BCUT2D eigenvalue weighted by Crippen LogP contribution is -2.31. The Hall–Kier alpha value is -0.840. The summed E-state index contributed by atoms with van der Waals surface area (Å²) in [7, 11) is 3.24. The van der Waals surface area contributed by atoms with Crippen LogP contribution in [0.25, 0.3) is 0 Å². The number of nitrogens with one attached hydrogen (secondary N) is 1. The largest absolute Gasteiger partial charge is 0.468 e. The van der Waals surface area contributed by atoms with Crippen LogP contribution < -0.4 is 5.32 Å². The van der Waals surface area contributed by atoms with Crippen molar-refractivity contribution in [3.8, 4) is 0 Å². The highest BCUT2D eigenvalue weighted by Crippen LogP contribution is 2.11. The summed E-state index contributed by atoms with van der Waals surface area (Å²) in [5.41, 5.74) is 0. The van der Waals surface area contributed by atoms with E-state index in [1.54, 1.807) is 20.5 Å². The van der Waals surface area contributed by atoms with E-state index in [1.807, 2.05) is 19.1 Å². The lowest BCUT2D eigenvalue weighted by molar-refractivity contribution is -0.0999. The predicted octanol–water partition coefficient (Wildman–Crippen LogP) is 1.55. The Kier molecular flexibility index (Phi) is 4.65. The lowest BCUT2D eigenvalue weighted by atomic mass is 10.2. The first-order chi connectivity index (χ1) is 6.77. The van der Waals surface area contributed by atoms with Crippen LogP contribution >= 0.6 is 0 Å². The van der Waals surface area contributed by atoms with Gasteiger partial charge in [0.25, 0.3) is 0 Å². The summed E-state index contributed by atoms with van der Waals surface area (Å²) in [6.45, 7) is 2.66. The van der Waals surface area contributed by atoms with Gasteiger partial charge in [0.2, 0.25) is 0 Å². The molecule has 0 aromatic carbocycles. The standard InChI is InChI=1S/C10H17NO3/c1-8(9-5-4-6-14-9)11-7-10(12-2)13-3/h4-6,8,10-11H,7H2,1-3H3/t8-/m0/s1. The number of hydrogen-bond acceptors (Lipinski definition) is 4. The first kappa shape index (κ1) is 11.2. The summed E-state index contributed by atoms with van der Waals surface area (Å²) in [6.07, 6.45) is 1.45. The van der Waals surface area contributed by atoms with Crippen molar-refractivity contribution in [2.75, 3.05) is 20.8 Å².